The summed E-state index contributed by atoms with van der Waals surface area (Å²) < 4.78 is 6.55. The third-order valence-corrected chi connectivity index (χ3v) is 3.82. The van der Waals surface area contributed by atoms with E-state index < -0.39 is 17.7 Å². The highest BCUT2D eigenvalue weighted by atomic mass is 16.4. The molecular weight excluding hydrogens is 272 g/mol. The molecule has 1 N–H and O–H groups in total. The number of oxazole rings is 1. The van der Waals surface area contributed by atoms with Gasteiger partial charge in [-0.3, -0.25) is 19.5 Å². The van der Waals surface area contributed by atoms with Gasteiger partial charge in [-0.05, 0) is 30.0 Å². The normalized spacial score (nSPS) is 19.3. The fourth-order valence-corrected chi connectivity index (χ4v) is 2.63. The molecule has 110 valence electrons. The maximum Gasteiger partial charge on any atom is 0.420 e. The number of aromatic nitrogens is 1. The molecule has 2 amide bonds. The summed E-state index contributed by atoms with van der Waals surface area (Å²) in [7, 11) is 0. The Morgan fingerprint density at radius 1 is 1.29 bits per heavy atom. The maximum absolute atomic E-state index is 12.1. The minimum absolute atomic E-state index is 0.222. The first-order chi connectivity index (χ1) is 9.97. The Morgan fingerprint density at radius 3 is 2.71 bits per heavy atom. The van der Waals surface area contributed by atoms with Gasteiger partial charge in [0.15, 0.2) is 5.58 Å². The zero-order chi connectivity index (χ0) is 15.1. The van der Waals surface area contributed by atoms with E-state index in [9.17, 15) is 14.4 Å². The van der Waals surface area contributed by atoms with Crippen LogP contribution in [0.1, 0.15) is 44.2 Å². The number of amides is 2. The van der Waals surface area contributed by atoms with Crippen molar-refractivity contribution < 1.29 is 14.0 Å². The van der Waals surface area contributed by atoms with Gasteiger partial charge in [-0.15, -0.1) is 0 Å². The van der Waals surface area contributed by atoms with E-state index in [1.54, 1.807) is 6.07 Å². The second kappa shape index (κ2) is 4.87. The van der Waals surface area contributed by atoms with Crippen molar-refractivity contribution >= 4 is 22.9 Å². The molecule has 0 spiro atoms. The van der Waals surface area contributed by atoms with Crippen LogP contribution in [0.2, 0.25) is 0 Å². The number of nitrogens with zero attached hydrogens (tertiary/aromatic N) is 1. The standard InChI is InChI=1S/C15H16N2O4/c1-8(2)9-3-5-12-11(7-9)17(15(20)21-12)10-4-6-13(18)16-14(10)19/h3,5,7-8,10H,4,6H2,1-2H3,(H,16,18,19). The predicted molar refractivity (Wildman–Crippen MR) is 76.0 cm³/mol. The summed E-state index contributed by atoms with van der Waals surface area (Å²) in [4.78, 5) is 35.3. The molecule has 21 heavy (non-hydrogen) atoms. The van der Waals surface area contributed by atoms with Crippen LogP contribution < -0.4 is 11.1 Å². The lowest BCUT2D eigenvalue weighted by molar-refractivity contribution is -0.135. The Balaban J connectivity index is 2.15. The van der Waals surface area contributed by atoms with Crippen molar-refractivity contribution in [1.82, 2.24) is 9.88 Å². The van der Waals surface area contributed by atoms with E-state index in [2.05, 4.69) is 19.2 Å². The van der Waals surface area contributed by atoms with Gasteiger partial charge in [0, 0.05) is 6.42 Å². The highest BCUT2D eigenvalue weighted by Gasteiger charge is 2.31. The van der Waals surface area contributed by atoms with Gasteiger partial charge in [-0.2, -0.15) is 0 Å². The van der Waals surface area contributed by atoms with Crippen LogP contribution in [0, 0.1) is 0 Å². The van der Waals surface area contributed by atoms with E-state index in [1.165, 1.54) is 4.57 Å². The van der Waals surface area contributed by atoms with Crippen molar-refractivity contribution in [2.45, 2.75) is 38.6 Å². The first kappa shape index (κ1) is 13.6. The SMILES string of the molecule is CC(C)c1ccc2oc(=O)n(C3CCC(=O)NC3=O)c2c1. The second-order valence-electron chi connectivity index (χ2n) is 5.59. The molecule has 1 aromatic carbocycles. The molecule has 6 nitrogen and oxygen atoms in total. The molecule has 2 aromatic rings. The van der Waals surface area contributed by atoms with E-state index in [1.807, 2.05) is 12.1 Å². The predicted octanol–water partition coefficient (Wildman–Crippen LogP) is 1.70. The average molecular weight is 288 g/mol. The summed E-state index contributed by atoms with van der Waals surface area (Å²) in [5, 5.41) is 2.27. The van der Waals surface area contributed by atoms with Gasteiger partial charge in [-0.25, -0.2) is 4.79 Å². The molecule has 0 bridgehead atoms. The highest BCUT2D eigenvalue weighted by molar-refractivity contribution is 6.00. The highest BCUT2D eigenvalue weighted by Crippen LogP contribution is 2.25. The number of imide groups is 1. The van der Waals surface area contributed by atoms with Crippen LogP contribution in [0.5, 0.6) is 0 Å². The fourth-order valence-electron chi connectivity index (χ4n) is 2.63. The van der Waals surface area contributed by atoms with Crippen LogP contribution in [0.25, 0.3) is 11.1 Å². The molecule has 1 aliphatic rings. The summed E-state index contributed by atoms with van der Waals surface area (Å²) in [5.74, 6) is -1.03. The number of rotatable bonds is 2. The number of benzene rings is 1. The summed E-state index contributed by atoms with van der Waals surface area (Å²) in [5.41, 5.74) is 2.11. The number of carbonyl (C=O) groups is 2. The molecule has 1 saturated heterocycles. The Morgan fingerprint density at radius 2 is 2.05 bits per heavy atom. The minimum atomic E-state index is -0.695. The molecule has 2 heterocycles. The largest absolute Gasteiger partial charge is 0.420 e. The summed E-state index contributed by atoms with van der Waals surface area (Å²) >= 11 is 0. The Hall–Kier alpha value is -2.37. The molecule has 1 unspecified atom stereocenters. The zero-order valence-corrected chi connectivity index (χ0v) is 11.9. The number of carbonyl (C=O) groups excluding carboxylic acids is 2. The third-order valence-electron chi connectivity index (χ3n) is 3.82. The summed E-state index contributed by atoms with van der Waals surface area (Å²) in [6.07, 6.45) is 0.532. The lowest BCUT2D eigenvalue weighted by Crippen LogP contribution is -2.43. The zero-order valence-electron chi connectivity index (χ0n) is 11.9. The molecule has 1 atom stereocenters. The van der Waals surface area contributed by atoms with Crippen molar-refractivity contribution in [2.24, 2.45) is 0 Å². The van der Waals surface area contributed by atoms with Crippen molar-refractivity contribution in [3.63, 3.8) is 0 Å². The number of piperidine rings is 1. The van der Waals surface area contributed by atoms with Gasteiger partial charge in [0.25, 0.3) is 0 Å². The Kier molecular flexibility index (Phi) is 3.16. The van der Waals surface area contributed by atoms with Crippen LogP contribution >= 0.6 is 0 Å². The van der Waals surface area contributed by atoms with E-state index in [0.29, 0.717) is 23.4 Å². The molecule has 0 radical (unpaired) electrons. The summed E-state index contributed by atoms with van der Waals surface area (Å²) in [6, 6.07) is 4.83. The number of hydrogen-bond acceptors (Lipinski definition) is 4. The van der Waals surface area contributed by atoms with Gasteiger partial charge in [0.1, 0.15) is 6.04 Å². The van der Waals surface area contributed by atoms with Crippen LogP contribution in [0.3, 0.4) is 0 Å². The quantitative estimate of drug-likeness (QED) is 0.853. The van der Waals surface area contributed by atoms with E-state index >= 15 is 0 Å². The van der Waals surface area contributed by atoms with Crippen molar-refractivity contribution in [3.05, 3.63) is 34.3 Å². The maximum atomic E-state index is 12.1. The molecule has 1 aliphatic heterocycles. The van der Waals surface area contributed by atoms with Crippen molar-refractivity contribution in [2.75, 3.05) is 0 Å². The van der Waals surface area contributed by atoms with E-state index in [-0.39, 0.29) is 12.3 Å². The Labute approximate surface area is 120 Å². The second-order valence-corrected chi connectivity index (χ2v) is 5.59. The molecule has 0 saturated carbocycles. The minimum Gasteiger partial charge on any atom is -0.408 e. The fraction of sp³-hybridized carbons (Fsp3) is 0.400. The van der Waals surface area contributed by atoms with Crippen molar-refractivity contribution in [3.8, 4) is 0 Å². The summed E-state index contributed by atoms with van der Waals surface area (Å²) in [6.45, 7) is 4.10. The van der Waals surface area contributed by atoms with Gasteiger partial charge >= 0.3 is 5.76 Å². The van der Waals surface area contributed by atoms with Crippen LogP contribution in [-0.4, -0.2) is 16.4 Å². The molecular formula is C15H16N2O4. The molecule has 6 heteroatoms. The first-order valence-corrected chi connectivity index (χ1v) is 6.96. The van der Waals surface area contributed by atoms with Crippen LogP contribution in [-0.2, 0) is 9.59 Å². The molecule has 0 aliphatic carbocycles. The lowest BCUT2D eigenvalue weighted by Gasteiger charge is -2.21. The van der Waals surface area contributed by atoms with Gasteiger partial charge in [0.2, 0.25) is 11.8 Å². The molecule has 1 aromatic heterocycles. The van der Waals surface area contributed by atoms with Gasteiger partial charge in [0.05, 0.1) is 5.52 Å². The number of nitrogens with one attached hydrogen (secondary N) is 1. The molecule has 1 fully saturated rings. The first-order valence-electron chi connectivity index (χ1n) is 6.96. The van der Waals surface area contributed by atoms with Crippen molar-refractivity contribution in [1.29, 1.82) is 0 Å². The van der Waals surface area contributed by atoms with Gasteiger partial charge < -0.3 is 4.42 Å². The van der Waals surface area contributed by atoms with E-state index in [0.717, 1.165) is 5.56 Å². The monoisotopic (exact) mass is 288 g/mol. The lowest BCUT2D eigenvalue weighted by atomic mass is 10.0. The average Bonchev–Trinajstić information content (AvgIpc) is 2.74. The van der Waals surface area contributed by atoms with Gasteiger partial charge in [-0.1, -0.05) is 19.9 Å². The third kappa shape index (κ3) is 2.26. The van der Waals surface area contributed by atoms with Crippen LogP contribution in [0.15, 0.2) is 27.4 Å². The van der Waals surface area contributed by atoms with E-state index in [4.69, 9.17) is 4.42 Å². The molecule has 3 rings (SSSR count). The Bertz CT molecular complexity index is 785. The number of fused-ring (bicyclic) bond motifs is 1. The topological polar surface area (TPSA) is 81.3 Å². The van der Waals surface area contributed by atoms with Crippen LogP contribution in [0.4, 0.5) is 0 Å². The smallest absolute Gasteiger partial charge is 0.408 e. The number of hydrogen-bond donors (Lipinski definition) is 1.